The van der Waals surface area contributed by atoms with E-state index in [-0.39, 0.29) is 5.82 Å². The van der Waals surface area contributed by atoms with Crippen LogP contribution in [0.2, 0.25) is 0 Å². The van der Waals surface area contributed by atoms with E-state index in [1.165, 1.54) is 28.8 Å². The third-order valence-corrected chi connectivity index (χ3v) is 5.39. The fraction of sp³-hybridized carbons (Fsp3) is 0.381. The number of H-pyrrole nitrogens is 1. The van der Waals surface area contributed by atoms with Crippen LogP contribution < -0.4 is 0 Å². The molecule has 5 heteroatoms. The van der Waals surface area contributed by atoms with Crippen LogP contribution >= 0.6 is 0 Å². The molecule has 136 valence electrons. The highest BCUT2D eigenvalue weighted by Gasteiger charge is 2.18. The zero-order valence-corrected chi connectivity index (χ0v) is 15.4. The van der Waals surface area contributed by atoms with E-state index >= 15 is 0 Å². The summed E-state index contributed by atoms with van der Waals surface area (Å²) >= 11 is 0. The van der Waals surface area contributed by atoms with Gasteiger partial charge in [0.25, 0.3) is 0 Å². The molecule has 4 rings (SSSR count). The lowest BCUT2D eigenvalue weighted by molar-refractivity contribution is 0.120. The van der Waals surface area contributed by atoms with Crippen molar-refractivity contribution in [3.63, 3.8) is 0 Å². The molecule has 2 aromatic carbocycles. The zero-order chi connectivity index (χ0) is 18.1. The number of aryl methyl sites for hydroxylation is 2. The Hall–Kier alpha value is -2.24. The Bertz CT molecular complexity index is 892. The highest BCUT2D eigenvalue weighted by Crippen LogP contribution is 2.20. The molecule has 1 aliphatic heterocycles. The monoisotopic (exact) mass is 352 g/mol. The van der Waals surface area contributed by atoms with Crippen LogP contribution in [-0.4, -0.2) is 45.9 Å². The van der Waals surface area contributed by atoms with Crippen LogP contribution in [0, 0.1) is 19.7 Å². The van der Waals surface area contributed by atoms with E-state index in [4.69, 9.17) is 4.98 Å². The Morgan fingerprint density at radius 1 is 0.923 bits per heavy atom. The zero-order valence-electron chi connectivity index (χ0n) is 15.4. The van der Waals surface area contributed by atoms with Gasteiger partial charge in [-0.3, -0.25) is 9.80 Å². The summed E-state index contributed by atoms with van der Waals surface area (Å²) in [7, 11) is 0. The largest absolute Gasteiger partial charge is 0.341 e. The van der Waals surface area contributed by atoms with Crippen LogP contribution in [0.5, 0.6) is 0 Å². The number of hydrogen-bond acceptors (Lipinski definition) is 3. The molecule has 1 aliphatic rings. The third kappa shape index (κ3) is 3.64. The number of aromatic amines is 1. The first kappa shape index (κ1) is 17.2. The van der Waals surface area contributed by atoms with Crippen LogP contribution in [0.1, 0.15) is 22.5 Å². The van der Waals surface area contributed by atoms with Gasteiger partial charge in [-0.2, -0.15) is 0 Å². The Morgan fingerprint density at radius 2 is 1.58 bits per heavy atom. The van der Waals surface area contributed by atoms with Crippen LogP contribution in [0.4, 0.5) is 4.39 Å². The molecule has 1 N–H and O–H groups in total. The standard InChI is InChI=1S/C21H25FN4/c1-15-3-8-19-21(16(15)2)24-20(23-19)14-26-11-9-25(10-12-26)13-17-4-6-18(22)7-5-17/h3-8H,9-14H2,1-2H3,(H,23,24). The first-order valence-corrected chi connectivity index (χ1v) is 9.22. The van der Waals surface area contributed by atoms with Crippen LogP contribution in [0.3, 0.4) is 0 Å². The van der Waals surface area contributed by atoms with E-state index in [2.05, 4.69) is 40.8 Å². The minimum atomic E-state index is -0.171. The SMILES string of the molecule is Cc1ccc2[nH]c(CN3CCN(Cc4ccc(F)cc4)CC3)nc2c1C. The van der Waals surface area contributed by atoms with Crippen LogP contribution in [-0.2, 0) is 13.1 Å². The van der Waals surface area contributed by atoms with Crippen molar-refractivity contribution in [1.29, 1.82) is 0 Å². The summed E-state index contributed by atoms with van der Waals surface area (Å²) < 4.78 is 13.0. The second kappa shape index (κ2) is 7.17. The average Bonchev–Trinajstić information content (AvgIpc) is 3.05. The number of nitrogens with one attached hydrogen (secondary N) is 1. The molecule has 3 aromatic rings. The molecule has 1 aromatic heterocycles. The molecule has 26 heavy (non-hydrogen) atoms. The summed E-state index contributed by atoms with van der Waals surface area (Å²) in [6.07, 6.45) is 0. The highest BCUT2D eigenvalue weighted by atomic mass is 19.1. The molecule has 0 saturated carbocycles. The molecule has 0 atom stereocenters. The number of fused-ring (bicyclic) bond motifs is 1. The molecular formula is C21H25FN4. The Morgan fingerprint density at radius 3 is 2.27 bits per heavy atom. The summed E-state index contributed by atoms with van der Waals surface area (Å²) in [5.41, 5.74) is 5.93. The maximum Gasteiger partial charge on any atom is 0.123 e. The fourth-order valence-corrected chi connectivity index (χ4v) is 3.60. The van der Waals surface area contributed by atoms with Gasteiger partial charge < -0.3 is 4.98 Å². The molecular weight excluding hydrogens is 327 g/mol. The first-order valence-electron chi connectivity index (χ1n) is 9.22. The van der Waals surface area contributed by atoms with E-state index < -0.39 is 0 Å². The van der Waals surface area contributed by atoms with Crippen molar-refractivity contribution in [3.05, 3.63) is 64.7 Å². The number of imidazole rings is 1. The van der Waals surface area contributed by atoms with Crippen molar-refractivity contribution in [2.75, 3.05) is 26.2 Å². The fourth-order valence-electron chi connectivity index (χ4n) is 3.60. The predicted molar refractivity (Wildman–Crippen MR) is 103 cm³/mol. The van der Waals surface area contributed by atoms with Gasteiger partial charge in [0.05, 0.1) is 17.6 Å². The first-order chi connectivity index (χ1) is 12.6. The molecule has 0 unspecified atom stereocenters. The van der Waals surface area contributed by atoms with E-state index in [1.54, 1.807) is 0 Å². The van der Waals surface area contributed by atoms with Gasteiger partial charge in [0, 0.05) is 32.7 Å². The minimum Gasteiger partial charge on any atom is -0.341 e. The number of hydrogen-bond donors (Lipinski definition) is 1. The second-order valence-electron chi connectivity index (χ2n) is 7.27. The summed E-state index contributed by atoms with van der Waals surface area (Å²) in [5.74, 6) is 0.871. The average molecular weight is 352 g/mol. The molecule has 1 saturated heterocycles. The van der Waals surface area contributed by atoms with Gasteiger partial charge in [0.15, 0.2) is 0 Å². The Balaban J connectivity index is 1.35. The quantitative estimate of drug-likeness (QED) is 0.779. The van der Waals surface area contributed by atoms with Gasteiger partial charge in [-0.25, -0.2) is 9.37 Å². The highest BCUT2D eigenvalue weighted by molar-refractivity contribution is 5.79. The van der Waals surface area contributed by atoms with Crippen molar-refractivity contribution >= 4 is 11.0 Å². The van der Waals surface area contributed by atoms with Crippen molar-refractivity contribution in [1.82, 2.24) is 19.8 Å². The lowest BCUT2D eigenvalue weighted by atomic mass is 10.1. The van der Waals surface area contributed by atoms with E-state index in [0.29, 0.717) is 0 Å². The Labute approximate surface area is 153 Å². The van der Waals surface area contributed by atoms with Gasteiger partial charge in [0.2, 0.25) is 0 Å². The van der Waals surface area contributed by atoms with Gasteiger partial charge in [-0.05, 0) is 48.7 Å². The number of nitrogens with zero attached hydrogens (tertiary/aromatic N) is 3. The summed E-state index contributed by atoms with van der Waals surface area (Å²) in [4.78, 5) is 13.2. The van der Waals surface area contributed by atoms with Crippen LogP contribution in [0.25, 0.3) is 11.0 Å². The van der Waals surface area contributed by atoms with Gasteiger partial charge in [-0.1, -0.05) is 18.2 Å². The number of rotatable bonds is 4. The molecule has 1 fully saturated rings. The van der Waals surface area contributed by atoms with Crippen molar-refractivity contribution < 1.29 is 4.39 Å². The van der Waals surface area contributed by atoms with Gasteiger partial charge >= 0.3 is 0 Å². The maximum absolute atomic E-state index is 13.0. The third-order valence-electron chi connectivity index (χ3n) is 5.39. The topological polar surface area (TPSA) is 35.2 Å². The molecule has 0 amide bonds. The minimum absolute atomic E-state index is 0.171. The van der Waals surface area contributed by atoms with Gasteiger partial charge in [-0.15, -0.1) is 0 Å². The predicted octanol–water partition coefficient (Wildman–Crippen LogP) is 3.64. The second-order valence-corrected chi connectivity index (χ2v) is 7.27. The number of aromatic nitrogens is 2. The maximum atomic E-state index is 13.0. The molecule has 4 nitrogen and oxygen atoms in total. The molecule has 0 bridgehead atoms. The van der Waals surface area contributed by atoms with E-state index in [9.17, 15) is 4.39 Å². The van der Waals surface area contributed by atoms with Gasteiger partial charge in [0.1, 0.15) is 11.6 Å². The Kier molecular flexibility index (Phi) is 4.74. The van der Waals surface area contributed by atoms with Crippen molar-refractivity contribution in [2.24, 2.45) is 0 Å². The number of halogens is 1. The molecule has 2 heterocycles. The molecule has 0 aliphatic carbocycles. The summed E-state index contributed by atoms with van der Waals surface area (Å²) in [6, 6.07) is 11.1. The van der Waals surface area contributed by atoms with Crippen LogP contribution in [0.15, 0.2) is 36.4 Å². The van der Waals surface area contributed by atoms with Crippen molar-refractivity contribution in [2.45, 2.75) is 26.9 Å². The number of benzene rings is 2. The molecule has 0 radical (unpaired) electrons. The van der Waals surface area contributed by atoms with E-state index in [1.807, 2.05) is 12.1 Å². The van der Waals surface area contributed by atoms with Crippen molar-refractivity contribution in [3.8, 4) is 0 Å². The normalized spacial score (nSPS) is 16.4. The number of piperazine rings is 1. The lowest BCUT2D eigenvalue weighted by Crippen LogP contribution is -2.45. The lowest BCUT2D eigenvalue weighted by Gasteiger charge is -2.34. The summed E-state index contributed by atoms with van der Waals surface area (Å²) in [6.45, 7) is 10.1. The molecule has 0 spiro atoms. The van der Waals surface area contributed by atoms with E-state index in [0.717, 1.165) is 56.1 Å². The summed E-state index contributed by atoms with van der Waals surface area (Å²) in [5, 5.41) is 0. The smallest absolute Gasteiger partial charge is 0.123 e.